The average molecular weight is 561 g/mol. The molecule has 1 amide bonds. The van der Waals surface area contributed by atoms with Crippen LogP contribution in [-0.2, 0) is 11.4 Å². The summed E-state index contributed by atoms with van der Waals surface area (Å²) < 4.78 is 12.0. The first kappa shape index (κ1) is 26.0. The molecule has 0 unspecified atom stereocenters. The molecule has 0 N–H and O–H groups in total. The molecule has 0 spiro atoms. The first-order valence-electron chi connectivity index (χ1n) is 10.6. The molecule has 36 heavy (non-hydrogen) atoms. The van der Waals surface area contributed by atoms with Crippen molar-refractivity contribution in [1.82, 2.24) is 0 Å². The summed E-state index contributed by atoms with van der Waals surface area (Å²) in [6.45, 7) is 2.48. The molecule has 1 aliphatic heterocycles. The summed E-state index contributed by atoms with van der Waals surface area (Å²) in [6, 6.07) is 16.4. The molecule has 3 aromatic rings. The van der Waals surface area contributed by atoms with Crippen LogP contribution in [0.15, 0.2) is 65.6 Å². The molecular formula is C25H18Cl2N2O5S2. The Morgan fingerprint density at radius 2 is 1.78 bits per heavy atom. The van der Waals surface area contributed by atoms with Crippen molar-refractivity contribution in [3.63, 3.8) is 0 Å². The average Bonchev–Trinajstić information content (AvgIpc) is 3.13. The van der Waals surface area contributed by atoms with Crippen LogP contribution in [0.1, 0.15) is 18.1 Å². The topological polar surface area (TPSA) is 81.9 Å². The number of benzene rings is 3. The van der Waals surface area contributed by atoms with Crippen molar-refractivity contribution in [1.29, 1.82) is 0 Å². The molecule has 1 saturated heterocycles. The van der Waals surface area contributed by atoms with Crippen molar-refractivity contribution in [3.8, 4) is 11.5 Å². The third kappa shape index (κ3) is 5.82. The molecule has 3 aromatic carbocycles. The Morgan fingerprint density at radius 1 is 1.03 bits per heavy atom. The summed E-state index contributed by atoms with van der Waals surface area (Å²) in [5.74, 6) is 0.753. The first-order chi connectivity index (χ1) is 17.3. The zero-order valence-corrected chi connectivity index (χ0v) is 21.9. The number of amides is 1. The Hall–Kier alpha value is -3.11. The summed E-state index contributed by atoms with van der Waals surface area (Å²) >= 11 is 18.7. The van der Waals surface area contributed by atoms with Gasteiger partial charge in [0, 0.05) is 12.1 Å². The fourth-order valence-electron chi connectivity index (χ4n) is 3.34. The number of anilines is 1. The highest BCUT2D eigenvalue weighted by atomic mass is 35.5. The Kier molecular flexibility index (Phi) is 8.15. The van der Waals surface area contributed by atoms with E-state index < -0.39 is 4.92 Å². The third-order valence-electron chi connectivity index (χ3n) is 5.06. The van der Waals surface area contributed by atoms with Gasteiger partial charge in [0.15, 0.2) is 15.8 Å². The molecule has 0 aliphatic carbocycles. The van der Waals surface area contributed by atoms with E-state index in [2.05, 4.69) is 0 Å². The number of hydrogen-bond acceptors (Lipinski definition) is 7. The van der Waals surface area contributed by atoms with E-state index in [9.17, 15) is 14.9 Å². The van der Waals surface area contributed by atoms with Crippen LogP contribution in [0.25, 0.3) is 6.08 Å². The Bertz CT molecular complexity index is 1380. The van der Waals surface area contributed by atoms with E-state index in [0.29, 0.717) is 43.1 Å². The van der Waals surface area contributed by atoms with Crippen LogP contribution in [0, 0.1) is 10.1 Å². The number of thiocarbonyl (C=S) groups is 1. The van der Waals surface area contributed by atoms with Crippen LogP contribution in [-0.4, -0.2) is 21.8 Å². The van der Waals surface area contributed by atoms with Gasteiger partial charge in [0.25, 0.3) is 11.6 Å². The van der Waals surface area contributed by atoms with Crippen LogP contribution in [0.4, 0.5) is 11.4 Å². The molecule has 4 rings (SSSR count). The number of hydrogen-bond donors (Lipinski definition) is 0. The highest BCUT2D eigenvalue weighted by Gasteiger charge is 2.33. The molecule has 0 aromatic heterocycles. The van der Waals surface area contributed by atoms with Crippen molar-refractivity contribution in [2.45, 2.75) is 13.5 Å². The first-order valence-corrected chi connectivity index (χ1v) is 12.6. The largest absolute Gasteiger partial charge is 0.490 e. The summed E-state index contributed by atoms with van der Waals surface area (Å²) in [7, 11) is 0. The lowest BCUT2D eigenvalue weighted by atomic mass is 10.1. The molecule has 1 fully saturated rings. The summed E-state index contributed by atoms with van der Waals surface area (Å²) in [4.78, 5) is 25.3. The number of nitro groups is 1. The second kappa shape index (κ2) is 11.3. The normalized spacial score (nSPS) is 14.4. The van der Waals surface area contributed by atoms with Gasteiger partial charge in [-0.2, -0.15) is 0 Å². The zero-order valence-electron chi connectivity index (χ0n) is 18.8. The Labute approximate surface area is 226 Å². The molecule has 0 saturated carbocycles. The highest BCUT2D eigenvalue weighted by molar-refractivity contribution is 8.27. The van der Waals surface area contributed by atoms with Gasteiger partial charge < -0.3 is 9.47 Å². The monoisotopic (exact) mass is 560 g/mol. The molecular weight excluding hydrogens is 543 g/mol. The molecule has 1 heterocycles. The van der Waals surface area contributed by atoms with E-state index in [-0.39, 0.29) is 18.2 Å². The van der Waals surface area contributed by atoms with Crippen molar-refractivity contribution in [2.24, 2.45) is 0 Å². The van der Waals surface area contributed by atoms with Crippen molar-refractivity contribution < 1.29 is 19.2 Å². The van der Waals surface area contributed by atoms with Crippen LogP contribution >= 0.6 is 47.2 Å². The lowest BCUT2D eigenvalue weighted by Crippen LogP contribution is -2.27. The smallest absolute Gasteiger partial charge is 0.270 e. The predicted molar refractivity (Wildman–Crippen MR) is 147 cm³/mol. The standard InChI is InChI=1S/C25H18Cl2N2O5S2/c1-2-33-22-11-16(5-10-21(22)34-14-15-3-6-17(7-4-15)29(31)32)12-23-24(30)28(25(35)36-23)18-8-9-19(26)20(27)13-18/h3-13H,2,14H2,1H3/b23-12-. The lowest BCUT2D eigenvalue weighted by molar-refractivity contribution is -0.384. The fourth-order valence-corrected chi connectivity index (χ4v) is 4.93. The van der Waals surface area contributed by atoms with Gasteiger partial charge in [-0.15, -0.1) is 0 Å². The summed E-state index contributed by atoms with van der Waals surface area (Å²) in [5.41, 5.74) is 2.07. The predicted octanol–water partition coefficient (Wildman–Crippen LogP) is 7.29. The highest BCUT2D eigenvalue weighted by Crippen LogP contribution is 2.39. The maximum Gasteiger partial charge on any atom is 0.270 e. The second-order valence-corrected chi connectivity index (χ2v) is 9.96. The summed E-state index contributed by atoms with van der Waals surface area (Å²) in [6.07, 6.45) is 1.74. The lowest BCUT2D eigenvalue weighted by Gasteiger charge is -2.15. The van der Waals surface area contributed by atoms with E-state index in [4.69, 9.17) is 44.9 Å². The molecule has 184 valence electrons. The van der Waals surface area contributed by atoms with Gasteiger partial charge in [-0.05, 0) is 66.6 Å². The molecule has 1 aliphatic rings. The SMILES string of the molecule is CCOc1cc(/C=C2\SC(=S)N(c3ccc(Cl)c(Cl)c3)C2=O)ccc1OCc1ccc([N+](=O)[O-])cc1. The van der Waals surface area contributed by atoms with E-state index in [1.807, 2.05) is 6.92 Å². The quantitative estimate of drug-likeness (QED) is 0.124. The van der Waals surface area contributed by atoms with Gasteiger partial charge in [-0.3, -0.25) is 19.8 Å². The molecule has 0 radical (unpaired) electrons. The number of non-ortho nitro benzene ring substituents is 1. The van der Waals surface area contributed by atoms with Gasteiger partial charge in [-0.1, -0.05) is 53.2 Å². The molecule has 0 bridgehead atoms. The minimum atomic E-state index is -0.449. The number of ether oxygens (including phenoxy) is 2. The Balaban J connectivity index is 1.53. The number of nitrogens with zero attached hydrogens (tertiary/aromatic N) is 2. The minimum Gasteiger partial charge on any atom is -0.490 e. The van der Waals surface area contributed by atoms with E-state index in [1.54, 1.807) is 54.6 Å². The van der Waals surface area contributed by atoms with E-state index >= 15 is 0 Å². The van der Waals surface area contributed by atoms with Crippen LogP contribution in [0.3, 0.4) is 0 Å². The van der Waals surface area contributed by atoms with Crippen LogP contribution in [0.2, 0.25) is 10.0 Å². The van der Waals surface area contributed by atoms with E-state index in [1.165, 1.54) is 28.8 Å². The molecule has 7 nitrogen and oxygen atoms in total. The maximum absolute atomic E-state index is 13.1. The number of nitro benzene ring substituents is 1. The minimum absolute atomic E-state index is 0.0164. The molecule has 11 heteroatoms. The zero-order chi connectivity index (χ0) is 25.8. The van der Waals surface area contributed by atoms with Gasteiger partial charge in [0.1, 0.15) is 6.61 Å². The van der Waals surface area contributed by atoms with Gasteiger partial charge in [-0.25, -0.2) is 0 Å². The van der Waals surface area contributed by atoms with Gasteiger partial charge in [0.05, 0.1) is 32.2 Å². The number of carbonyl (C=O) groups is 1. The Morgan fingerprint density at radius 3 is 2.44 bits per heavy atom. The maximum atomic E-state index is 13.1. The van der Waals surface area contributed by atoms with Gasteiger partial charge >= 0.3 is 0 Å². The second-order valence-electron chi connectivity index (χ2n) is 7.47. The number of thioether (sulfide) groups is 1. The fraction of sp³-hybridized carbons (Fsp3) is 0.120. The van der Waals surface area contributed by atoms with Crippen LogP contribution < -0.4 is 14.4 Å². The van der Waals surface area contributed by atoms with Crippen molar-refractivity contribution >= 4 is 74.9 Å². The van der Waals surface area contributed by atoms with Gasteiger partial charge in [0.2, 0.25) is 0 Å². The number of halogens is 2. The third-order valence-corrected chi connectivity index (χ3v) is 7.10. The number of carbonyl (C=O) groups excluding carboxylic acids is 1. The summed E-state index contributed by atoms with van der Waals surface area (Å²) in [5, 5.41) is 11.5. The van der Waals surface area contributed by atoms with Crippen molar-refractivity contribution in [2.75, 3.05) is 11.5 Å². The van der Waals surface area contributed by atoms with E-state index in [0.717, 1.165) is 11.1 Å². The van der Waals surface area contributed by atoms with Crippen molar-refractivity contribution in [3.05, 3.63) is 96.9 Å². The number of rotatable bonds is 8. The molecule has 0 atom stereocenters. The van der Waals surface area contributed by atoms with Crippen LogP contribution in [0.5, 0.6) is 11.5 Å².